The molecule has 1 heterocycles. The van der Waals surface area contributed by atoms with Crippen LogP contribution in [0.15, 0.2) is 34.7 Å². The second kappa shape index (κ2) is 5.97. The van der Waals surface area contributed by atoms with Crippen LogP contribution in [0.4, 0.5) is 0 Å². The predicted octanol–water partition coefficient (Wildman–Crippen LogP) is 2.81. The zero-order valence-electron chi connectivity index (χ0n) is 9.74. The Hall–Kier alpha value is -1.40. The Balaban J connectivity index is 2.06. The van der Waals surface area contributed by atoms with Crippen LogP contribution in [0.2, 0.25) is 0 Å². The number of hydrogen-bond acceptors (Lipinski definition) is 5. The van der Waals surface area contributed by atoms with Gasteiger partial charge in [-0.2, -0.15) is 0 Å². The van der Waals surface area contributed by atoms with Crippen LogP contribution in [0, 0.1) is 6.92 Å². The van der Waals surface area contributed by atoms with Crippen molar-refractivity contribution in [3.05, 3.63) is 40.9 Å². The quantitative estimate of drug-likeness (QED) is 0.853. The summed E-state index contributed by atoms with van der Waals surface area (Å²) in [6.07, 6.45) is 0. The number of carboxylic acid groups (broad SMARTS) is 1. The van der Waals surface area contributed by atoms with Gasteiger partial charge in [-0.1, -0.05) is 53.4 Å². The molecule has 2 aromatic rings. The summed E-state index contributed by atoms with van der Waals surface area (Å²) in [4.78, 5) is 11.3. The minimum absolute atomic E-state index is 0.466. The van der Waals surface area contributed by atoms with Crippen molar-refractivity contribution in [2.45, 2.75) is 17.2 Å². The molecule has 0 saturated heterocycles. The molecule has 0 saturated carbocycles. The maximum absolute atomic E-state index is 11.3. The highest BCUT2D eigenvalue weighted by Gasteiger charge is 2.20. The van der Waals surface area contributed by atoms with Crippen molar-refractivity contribution in [3.63, 3.8) is 0 Å². The number of nitrogens with zero attached hydrogens (tertiary/aromatic N) is 2. The minimum Gasteiger partial charge on any atom is -0.481 e. The van der Waals surface area contributed by atoms with Gasteiger partial charge in [-0.15, -0.1) is 10.2 Å². The first kappa shape index (κ1) is 13.0. The third-order valence-corrected chi connectivity index (χ3v) is 4.45. The SMILES string of the molecule is Cc1nnc(SCC(C(=O)O)c2ccccc2)s1. The lowest BCUT2D eigenvalue weighted by Gasteiger charge is -2.10. The highest BCUT2D eigenvalue weighted by Crippen LogP contribution is 2.28. The fraction of sp³-hybridized carbons (Fsp3) is 0.250. The average Bonchev–Trinajstić information content (AvgIpc) is 2.76. The average molecular weight is 280 g/mol. The Morgan fingerprint density at radius 2 is 2.11 bits per heavy atom. The van der Waals surface area contributed by atoms with Crippen LogP contribution in [-0.2, 0) is 4.79 Å². The van der Waals surface area contributed by atoms with E-state index in [-0.39, 0.29) is 0 Å². The van der Waals surface area contributed by atoms with E-state index in [9.17, 15) is 9.90 Å². The molecule has 0 bridgehead atoms. The Morgan fingerprint density at radius 3 is 2.67 bits per heavy atom. The summed E-state index contributed by atoms with van der Waals surface area (Å²) in [5, 5.41) is 18.0. The number of hydrogen-bond donors (Lipinski definition) is 1. The molecule has 0 spiro atoms. The van der Waals surface area contributed by atoms with E-state index in [0.29, 0.717) is 5.75 Å². The summed E-state index contributed by atoms with van der Waals surface area (Å²) in [7, 11) is 0. The van der Waals surface area contributed by atoms with Crippen molar-refractivity contribution in [1.29, 1.82) is 0 Å². The summed E-state index contributed by atoms with van der Waals surface area (Å²) >= 11 is 2.92. The van der Waals surface area contributed by atoms with Crippen LogP contribution in [0.3, 0.4) is 0 Å². The summed E-state index contributed by atoms with van der Waals surface area (Å²) < 4.78 is 0.815. The smallest absolute Gasteiger partial charge is 0.311 e. The van der Waals surface area contributed by atoms with Gasteiger partial charge in [-0.25, -0.2) is 0 Å². The van der Waals surface area contributed by atoms with Gasteiger partial charge in [0.05, 0.1) is 5.92 Å². The van der Waals surface area contributed by atoms with Crippen LogP contribution in [0.1, 0.15) is 16.5 Å². The zero-order chi connectivity index (χ0) is 13.0. The van der Waals surface area contributed by atoms with Crippen LogP contribution in [-0.4, -0.2) is 27.0 Å². The molecule has 0 amide bonds. The van der Waals surface area contributed by atoms with Crippen molar-refractivity contribution in [3.8, 4) is 0 Å². The Bertz CT molecular complexity index is 528. The highest BCUT2D eigenvalue weighted by molar-refractivity contribution is 8.01. The van der Waals surface area contributed by atoms with Crippen molar-refractivity contribution in [2.24, 2.45) is 0 Å². The summed E-state index contributed by atoms with van der Waals surface area (Å²) in [6, 6.07) is 9.26. The largest absolute Gasteiger partial charge is 0.481 e. The monoisotopic (exact) mass is 280 g/mol. The first-order chi connectivity index (χ1) is 8.66. The van der Waals surface area contributed by atoms with Gasteiger partial charge in [-0.3, -0.25) is 4.79 Å². The number of thioether (sulfide) groups is 1. The predicted molar refractivity (Wildman–Crippen MR) is 72.2 cm³/mol. The fourth-order valence-electron chi connectivity index (χ4n) is 1.49. The molecule has 1 unspecified atom stereocenters. The molecule has 0 aliphatic carbocycles. The molecule has 1 atom stereocenters. The topological polar surface area (TPSA) is 63.1 Å². The molecule has 1 aromatic carbocycles. The molecule has 6 heteroatoms. The van der Waals surface area contributed by atoms with E-state index in [1.165, 1.54) is 23.1 Å². The van der Waals surface area contributed by atoms with E-state index in [4.69, 9.17) is 0 Å². The van der Waals surface area contributed by atoms with Crippen LogP contribution in [0.5, 0.6) is 0 Å². The number of aryl methyl sites for hydroxylation is 1. The van der Waals surface area contributed by atoms with E-state index in [1.807, 2.05) is 37.3 Å². The van der Waals surface area contributed by atoms with Crippen LogP contribution < -0.4 is 0 Å². The standard InChI is InChI=1S/C12H12N2O2S2/c1-8-13-14-12(18-8)17-7-10(11(15)16)9-5-3-2-4-6-9/h2-6,10H,7H2,1H3,(H,15,16). The molecule has 0 aliphatic rings. The Kier molecular flexibility index (Phi) is 4.33. The van der Waals surface area contributed by atoms with Gasteiger partial charge in [-0.05, 0) is 12.5 Å². The maximum Gasteiger partial charge on any atom is 0.311 e. The maximum atomic E-state index is 11.3. The third-order valence-electron chi connectivity index (χ3n) is 2.38. The third kappa shape index (κ3) is 3.30. The molecule has 2 rings (SSSR count). The lowest BCUT2D eigenvalue weighted by atomic mass is 10.0. The number of rotatable bonds is 5. The Morgan fingerprint density at radius 1 is 1.39 bits per heavy atom. The molecule has 0 radical (unpaired) electrons. The molecule has 4 nitrogen and oxygen atoms in total. The van der Waals surface area contributed by atoms with Gasteiger partial charge < -0.3 is 5.11 Å². The first-order valence-corrected chi connectivity index (χ1v) is 7.17. The lowest BCUT2D eigenvalue weighted by Crippen LogP contribution is -2.13. The van der Waals surface area contributed by atoms with E-state index in [0.717, 1.165) is 14.9 Å². The normalized spacial score (nSPS) is 12.3. The molecule has 0 fully saturated rings. The second-order valence-corrected chi connectivity index (χ2v) is 6.15. The fourth-order valence-corrected chi connectivity index (χ4v) is 3.45. The molecular weight excluding hydrogens is 268 g/mol. The molecule has 1 N–H and O–H groups in total. The molecular formula is C12H12N2O2S2. The number of carbonyl (C=O) groups is 1. The van der Waals surface area contributed by atoms with Gasteiger partial charge >= 0.3 is 5.97 Å². The van der Waals surface area contributed by atoms with E-state index >= 15 is 0 Å². The van der Waals surface area contributed by atoms with Gasteiger partial charge in [0, 0.05) is 5.75 Å². The van der Waals surface area contributed by atoms with Gasteiger partial charge in [0.1, 0.15) is 5.01 Å². The summed E-state index contributed by atoms with van der Waals surface area (Å²) in [5.74, 6) is -0.858. The molecule has 0 aliphatic heterocycles. The number of benzene rings is 1. The summed E-state index contributed by atoms with van der Waals surface area (Å²) in [6.45, 7) is 1.88. The van der Waals surface area contributed by atoms with Crippen LogP contribution >= 0.6 is 23.1 Å². The first-order valence-electron chi connectivity index (χ1n) is 5.37. The number of aliphatic carboxylic acids is 1. The van der Waals surface area contributed by atoms with Crippen molar-refractivity contribution in [2.75, 3.05) is 5.75 Å². The van der Waals surface area contributed by atoms with Gasteiger partial charge in [0.15, 0.2) is 4.34 Å². The number of aromatic nitrogens is 2. The highest BCUT2D eigenvalue weighted by atomic mass is 32.2. The van der Waals surface area contributed by atoms with E-state index in [1.54, 1.807) is 0 Å². The van der Waals surface area contributed by atoms with Crippen LogP contribution in [0.25, 0.3) is 0 Å². The summed E-state index contributed by atoms with van der Waals surface area (Å²) in [5.41, 5.74) is 0.818. The minimum atomic E-state index is -0.810. The zero-order valence-corrected chi connectivity index (χ0v) is 11.4. The van der Waals surface area contributed by atoms with Gasteiger partial charge in [0.25, 0.3) is 0 Å². The second-order valence-electron chi connectivity index (χ2n) is 3.70. The van der Waals surface area contributed by atoms with Crippen molar-refractivity contribution < 1.29 is 9.90 Å². The van der Waals surface area contributed by atoms with E-state index < -0.39 is 11.9 Å². The lowest BCUT2D eigenvalue weighted by molar-refractivity contribution is -0.138. The van der Waals surface area contributed by atoms with Crippen molar-refractivity contribution >= 4 is 29.1 Å². The molecule has 18 heavy (non-hydrogen) atoms. The van der Waals surface area contributed by atoms with Gasteiger partial charge in [0.2, 0.25) is 0 Å². The molecule has 94 valence electrons. The van der Waals surface area contributed by atoms with Crippen molar-refractivity contribution in [1.82, 2.24) is 10.2 Å². The Labute approximate surface area is 113 Å². The number of carboxylic acids is 1. The van der Waals surface area contributed by atoms with E-state index in [2.05, 4.69) is 10.2 Å². The molecule has 1 aromatic heterocycles.